The normalized spacial score (nSPS) is 21.1. The number of nitrogen functional groups attached to an aromatic ring is 1. The first kappa shape index (κ1) is 80.3. The third-order valence-corrected chi connectivity index (χ3v) is 24.4. The minimum absolute atomic E-state index is 0. The molecule has 3 aliphatic carbocycles. The van der Waals surface area contributed by atoms with Crippen molar-refractivity contribution in [1.82, 2.24) is 29.9 Å². The van der Waals surface area contributed by atoms with Crippen LogP contribution < -0.4 is 27.0 Å². The number of nitro benzene ring substituents is 2. The third-order valence-electron chi connectivity index (χ3n) is 19.5. The molecular formula is C66H96ClN12O14PdS3-. The Hall–Kier alpha value is -5.68. The Bertz CT molecular complexity index is 3580. The van der Waals surface area contributed by atoms with Crippen molar-refractivity contribution < 1.29 is 75.0 Å². The van der Waals surface area contributed by atoms with E-state index in [-0.39, 0.29) is 107 Å². The minimum atomic E-state index is -3.51. The molecule has 31 heteroatoms. The maximum absolute atomic E-state index is 12.8. The first-order valence-corrected chi connectivity index (χ1v) is 39.2. The van der Waals surface area contributed by atoms with Gasteiger partial charge in [0.25, 0.3) is 29.1 Å². The smallest absolute Gasteiger partial charge is 0.269 e. The molecular weight excluding hydrogens is 1420 g/mol. The number of aliphatic imine (C=N–C) groups is 3. The molecule has 6 aliphatic heterocycles. The summed E-state index contributed by atoms with van der Waals surface area (Å²) in [6.45, 7) is 5.00. The molecule has 3 saturated carbocycles. The summed E-state index contributed by atoms with van der Waals surface area (Å²) in [5.41, 5.74) is 6.69. The van der Waals surface area contributed by atoms with Crippen LogP contribution in [0.25, 0.3) is 0 Å². The molecule has 6 fully saturated rings. The number of carbonyl (C=O) groups is 3. The van der Waals surface area contributed by atoms with Gasteiger partial charge in [-0.2, -0.15) is 0 Å². The summed E-state index contributed by atoms with van der Waals surface area (Å²) in [6.07, 6.45) is 22.2. The van der Waals surface area contributed by atoms with Crippen molar-refractivity contribution in [1.29, 1.82) is 0 Å². The Labute approximate surface area is 589 Å². The number of nitro groups is 2. The van der Waals surface area contributed by atoms with Crippen molar-refractivity contribution >= 4 is 92.1 Å². The van der Waals surface area contributed by atoms with Gasteiger partial charge in [0, 0.05) is 112 Å². The molecule has 3 spiro atoms. The second kappa shape index (κ2) is 36.6. The minimum Gasteiger partial charge on any atom is -0.399 e. The Morgan fingerprint density at radius 3 is 1.08 bits per heavy atom. The third kappa shape index (κ3) is 22.4. The van der Waals surface area contributed by atoms with Crippen LogP contribution in [0.3, 0.4) is 0 Å². The fraction of sp³-hybridized carbons (Fsp3) is 0.621. The zero-order valence-corrected chi connectivity index (χ0v) is 60.3. The second-order valence-corrected chi connectivity index (χ2v) is 33.1. The zero-order valence-electron chi connectivity index (χ0n) is 55.6. The molecule has 0 unspecified atom stereocenters. The van der Waals surface area contributed by atoms with Crippen LogP contribution in [-0.2, 0) is 83.2 Å². The number of rotatable bonds is 16. The van der Waals surface area contributed by atoms with Crippen LogP contribution in [0.2, 0.25) is 0 Å². The number of hydrogen-bond donors (Lipinski definition) is 6. The number of halogens is 1. The fourth-order valence-corrected chi connectivity index (χ4v) is 17.4. The van der Waals surface area contributed by atoms with Gasteiger partial charge < -0.3 is 39.5 Å². The Morgan fingerprint density at radius 2 is 0.794 bits per heavy atom. The predicted molar refractivity (Wildman–Crippen MR) is 373 cm³/mol. The van der Waals surface area contributed by atoms with E-state index >= 15 is 0 Å². The van der Waals surface area contributed by atoms with E-state index in [9.17, 15) is 59.9 Å². The number of nitrogens with two attached hydrogens (primary N) is 1. The van der Waals surface area contributed by atoms with E-state index in [0.717, 1.165) is 93.1 Å². The Kier molecular flexibility index (Phi) is 30.3. The Morgan fingerprint density at radius 1 is 0.515 bits per heavy atom. The van der Waals surface area contributed by atoms with Gasteiger partial charge in [-0.25, -0.2) is 33.9 Å². The van der Waals surface area contributed by atoms with E-state index in [0.29, 0.717) is 74.2 Å². The summed E-state index contributed by atoms with van der Waals surface area (Å²) in [4.78, 5) is 72.0. The predicted octanol–water partition coefficient (Wildman–Crippen LogP) is 7.86. The van der Waals surface area contributed by atoms with Crippen LogP contribution in [0.5, 0.6) is 0 Å². The average Bonchev–Trinajstić information content (AvgIpc) is 1.66. The van der Waals surface area contributed by atoms with Gasteiger partial charge in [-0.3, -0.25) is 49.6 Å². The largest absolute Gasteiger partial charge is 0.399 e. The van der Waals surface area contributed by atoms with Crippen LogP contribution in [-0.4, -0.2) is 164 Å². The number of benzene rings is 3. The molecule has 0 aromatic heterocycles. The summed E-state index contributed by atoms with van der Waals surface area (Å²) < 4.78 is 75.4. The number of carbonyl (C=O) groups excluding carboxylic acids is 3. The van der Waals surface area contributed by atoms with Crippen molar-refractivity contribution in [2.45, 2.75) is 178 Å². The molecule has 540 valence electrons. The summed E-state index contributed by atoms with van der Waals surface area (Å²) in [7, 11) is -5.34. The van der Waals surface area contributed by atoms with E-state index < -0.39 is 55.6 Å². The topological polar surface area (TPSA) is 378 Å². The molecule has 0 bridgehead atoms. The summed E-state index contributed by atoms with van der Waals surface area (Å²) >= 11 is 0. The maximum Gasteiger partial charge on any atom is 0.269 e. The van der Waals surface area contributed by atoms with Gasteiger partial charge in [-0.15, -0.1) is 0 Å². The number of nitrogens with zero attached hydrogens (tertiary/aromatic N) is 7. The molecule has 7 N–H and O–H groups in total. The number of hydrogen-bond acceptors (Lipinski definition) is 19. The van der Waals surface area contributed by atoms with Gasteiger partial charge in [-0.1, -0.05) is 94.2 Å². The number of sulfonamides is 2. The van der Waals surface area contributed by atoms with Crippen LogP contribution in [0.4, 0.5) is 17.1 Å². The number of nitrogens with one attached hydrogen (secondary N) is 4. The number of aryl methyl sites for hydroxylation is 3. The molecule has 3 aromatic carbocycles. The van der Waals surface area contributed by atoms with Gasteiger partial charge in [0.15, 0.2) is 0 Å². The van der Waals surface area contributed by atoms with Crippen LogP contribution in [0.1, 0.15) is 158 Å². The van der Waals surface area contributed by atoms with Crippen LogP contribution >= 0.6 is 10.7 Å². The first-order chi connectivity index (χ1) is 45.3. The molecule has 6 heterocycles. The van der Waals surface area contributed by atoms with Crippen molar-refractivity contribution in [2.75, 3.05) is 68.9 Å². The monoisotopic (exact) mass is 1520 g/mol. The van der Waals surface area contributed by atoms with Gasteiger partial charge >= 0.3 is 0 Å². The van der Waals surface area contributed by atoms with Crippen molar-refractivity contribution in [3.8, 4) is 0 Å². The van der Waals surface area contributed by atoms with E-state index in [1.54, 1.807) is 31.2 Å². The number of non-ortho nitro benzene ring substituents is 2. The van der Waals surface area contributed by atoms with E-state index in [1.165, 1.54) is 103 Å². The number of aliphatic hydroxyl groups excluding tert-OH is 1. The summed E-state index contributed by atoms with van der Waals surface area (Å²) in [5, 5.41) is 41.0. The summed E-state index contributed by atoms with van der Waals surface area (Å²) in [5.74, 6) is 3.67. The standard InChI is InChI=1S/C21H28N4O5S.C21H30N4O3S.C13H21N3O.C8H8ClNO4S.C2H6O.CH3.Pd/c26-20-21(23-19(22-20)17-4-2-1-3-5-17)11-13-24(14-12-21)31(29,30)15-10-16-6-8-18(9-7-16)25(27)28;22-18-8-6-16(7-9-18)10-15-29(27,28)25-13-11-21(12-14-25)20(26)23-19(24-21)17-4-2-1-3-5-17;17-12-13(6-8-14-9-7-13)16-11(15-12)10-4-2-1-3-5-10;9-15(13,14)6-5-7-1-3-8(4-2-7)10(11)12;1-2-3;;/h6-9,17H,1-5,10-15H2,(H,22,23,26);6-9,17H,1-5,10-15,22H2,(H,23,24,26);10,14H,1-9H2,(H,15,16,17);1-4H,5-6H2;3H,2H2,1H3;1H3;/q;;;;;-1;. The number of piperidine rings is 3. The fourth-order valence-electron chi connectivity index (χ4n) is 13.7. The van der Waals surface area contributed by atoms with Crippen molar-refractivity contribution in [2.24, 2.45) is 32.7 Å². The first-order valence-electron chi connectivity index (χ1n) is 33.5. The maximum atomic E-state index is 12.8. The molecule has 3 saturated heterocycles. The molecule has 3 amide bonds. The van der Waals surface area contributed by atoms with Gasteiger partial charge in [-0.05, 0) is 145 Å². The van der Waals surface area contributed by atoms with E-state index in [1.807, 2.05) is 12.1 Å². The molecule has 9 aliphatic rings. The van der Waals surface area contributed by atoms with E-state index in [2.05, 4.69) is 21.3 Å². The van der Waals surface area contributed by atoms with E-state index in [4.69, 9.17) is 36.5 Å². The SMILES string of the molecule is CCO.Nc1ccc(CCS(=O)(=O)N2CCC3(CC2)N=C(C2CCCCC2)NC3=O)cc1.O=C1NC(C2CCCCC2)=NC12CCN(S(=O)(=O)CCc1ccc([N+](=O)[O-])cc1)CC2.O=C1NC(C2CCCCC2)=NC12CCNCC2.O=[N+]([O-])c1ccc(CCS(=O)(=O)Cl)cc1.[CH3-].[Pd]. The molecule has 0 atom stereocenters. The number of aliphatic hydroxyl groups is 1. The zero-order chi connectivity index (χ0) is 68.4. The quantitative estimate of drug-likeness (QED) is 0.0198. The Balaban J connectivity index is 0.000000208. The number of amides is 3. The second-order valence-electron chi connectivity index (χ2n) is 26.0. The molecule has 26 nitrogen and oxygen atoms in total. The summed E-state index contributed by atoms with van der Waals surface area (Å²) in [6, 6.07) is 18.9. The molecule has 12 rings (SSSR count). The van der Waals surface area contributed by atoms with Crippen molar-refractivity contribution in [3.05, 3.63) is 117 Å². The number of anilines is 1. The van der Waals surface area contributed by atoms with Crippen molar-refractivity contribution in [3.63, 3.8) is 0 Å². The number of amidine groups is 3. The van der Waals surface area contributed by atoms with Gasteiger partial charge in [0.05, 0.1) is 27.1 Å². The van der Waals surface area contributed by atoms with Crippen LogP contribution in [0.15, 0.2) is 87.8 Å². The van der Waals surface area contributed by atoms with Gasteiger partial charge in [0.1, 0.15) is 34.1 Å². The van der Waals surface area contributed by atoms with Crippen LogP contribution in [0, 0.1) is 45.4 Å². The average molecular weight is 1520 g/mol. The van der Waals surface area contributed by atoms with Gasteiger partial charge in [0.2, 0.25) is 29.1 Å². The molecule has 3 aromatic rings. The molecule has 97 heavy (non-hydrogen) atoms. The molecule has 0 radical (unpaired) electrons.